The minimum atomic E-state index is 0.209. The second-order valence-electron chi connectivity index (χ2n) is 5.37. The summed E-state index contributed by atoms with van der Waals surface area (Å²) in [5.41, 5.74) is 0.998. The van der Waals surface area contributed by atoms with Crippen LogP contribution in [0.15, 0.2) is 10.6 Å². The van der Waals surface area contributed by atoms with Crippen molar-refractivity contribution in [2.45, 2.75) is 51.5 Å². The maximum atomic E-state index is 5.92. The Balaban J connectivity index is 1.73. The van der Waals surface area contributed by atoms with Gasteiger partial charge in [-0.1, -0.05) is 5.16 Å². The first-order valence-corrected chi connectivity index (χ1v) is 7.17. The number of hydrogen-bond donors (Lipinski definition) is 0. The molecule has 0 N–H and O–H groups in total. The highest BCUT2D eigenvalue weighted by molar-refractivity contribution is 5.05. The molecular formula is C14H22N2O3. The van der Waals surface area contributed by atoms with Gasteiger partial charge in [-0.15, -0.1) is 0 Å². The number of hydrogen-bond acceptors (Lipinski definition) is 5. The quantitative estimate of drug-likeness (QED) is 0.831. The predicted molar refractivity (Wildman–Crippen MR) is 69.8 cm³/mol. The van der Waals surface area contributed by atoms with E-state index in [1.807, 2.05) is 13.0 Å². The van der Waals surface area contributed by atoms with Gasteiger partial charge in [0.1, 0.15) is 5.76 Å². The summed E-state index contributed by atoms with van der Waals surface area (Å²) in [6.45, 7) is 7.27. The van der Waals surface area contributed by atoms with E-state index >= 15 is 0 Å². The second kappa shape index (κ2) is 5.61. The van der Waals surface area contributed by atoms with Gasteiger partial charge in [0.2, 0.25) is 0 Å². The molecule has 2 bridgehead atoms. The van der Waals surface area contributed by atoms with E-state index in [1.165, 1.54) is 0 Å². The first-order valence-electron chi connectivity index (χ1n) is 7.17. The van der Waals surface area contributed by atoms with Crippen molar-refractivity contribution in [3.8, 4) is 0 Å². The number of ether oxygens (including phenoxy) is 2. The molecule has 2 heterocycles. The standard InChI is InChI=1S/C14H22N2O3/c1-3-17-14-12-4-5-13(14)18-7-6-16(12)9-11-8-10(2)19-15-11/h8,12-14H,3-7,9H2,1-2H3. The van der Waals surface area contributed by atoms with E-state index in [0.29, 0.717) is 6.04 Å². The van der Waals surface area contributed by atoms with Crippen LogP contribution in [0.5, 0.6) is 0 Å². The summed E-state index contributed by atoms with van der Waals surface area (Å²) in [6, 6.07) is 2.46. The van der Waals surface area contributed by atoms with E-state index in [1.54, 1.807) is 0 Å². The zero-order chi connectivity index (χ0) is 13.2. The highest BCUT2D eigenvalue weighted by atomic mass is 16.5. The number of aromatic nitrogens is 1. The van der Waals surface area contributed by atoms with E-state index in [9.17, 15) is 0 Å². The summed E-state index contributed by atoms with van der Waals surface area (Å²) in [4.78, 5) is 2.44. The molecule has 1 aliphatic carbocycles. The second-order valence-corrected chi connectivity index (χ2v) is 5.37. The Hall–Kier alpha value is -0.910. The lowest BCUT2D eigenvalue weighted by atomic mass is 10.1. The molecule has 106 valence electrons. The van der Waals surface area contributed by atoms with Crippen LogP contribution < -0.4 is 0 Å². The van der Waals surface area contributed by atoms with Crippen LogP contribution in [-0.4, -0.2) is 48.1 Å². The molecule has 1 saturated carbocycles. The molecule has 0 amide bonds. The summed E-state index contributed by atoms with van der Waals surface area (Å²) in [7, 11) is 0. The van der Waals surface area contributed by atoms with Gasteiger partial charge in [-0.25, -0.2) is 0 Å². The van der Waals surface area contributed by atoms with Crippen LogP contribution in [-0.2, 0) is 16.0 Å². The van der Waals surface area contributed by atoms with Crippen molar-refractivity contribution in [3.63, 3.8) is 0 Å². The smallest absolute Gasteiger partial charge is 0.133 e. The molecule has 3 unspecified atom stereocenters. The van der Waals surface area contributed by atoms with Crippen molar-refractivity contribution in [1.29, 1.82) is 0 Å². The Morgan fingerprint density at radius 3 is 3.11 bits per heavy atom. The Labute approximate surface area is 113 Å². The average molecular weight is 266 g/mol. The number of aryl methyl sites for hydroxylation is 1. The average Bonchev–Trinajstić information content (AvgIpc) is 2.90. The van der Waals surface area contributed by atoms with Gasteiger partial charge in [0, 0.05) is 31.8 Å². The first-order chi connectivity index (χ1) is 9.28. The molecule has 19 heavy (non-hydrogen) atoms. The third kappa shape index (κ3) is 2.68. The summed E-state index contributed by atoms with van der Waals surface area (Å²) < 4.78 is 17.0. The Kier molecular flexibility index (Phi) is 3.86. The molecule has 1 aromatic heterocycles. The van der Waals surface area contributed by atoms with E-state index in [2.05, 4.69) is 17.0 Å². The Morgan fingerprint density at radius 1 is 1.47 bits per heavy atom. The van der Waals surface area contributed by atoms with Crippen LogP contribution in [0.2, 0.25) is 0 Å². The summed E-state index contributed by atoms with van der Waals surface area (Å²) >= 11 is 0. The summed E-state index contributed by atoms with van der Waals surface area (Å²) in [5.74, 6) is 0.867. The molecule has 2 aliphatic rings. The molecule has 5 heteroatoms. The van der Waals surface area contributed by atoms with E-state index in [-0.39, 0.29) is 12.2 Å². The molecule has 1 aliphatic heterocycles. The van der Waals surface area contributed by atoms with Crippen LogP contribution >= 0.6 is 0 Å². The first kappa shape index (κ1) is 13.1. The maximum Gasteiger partial charge on any atom is 0.133 e. The molecule has 5 nitrogen and oxygen atoms in total. The monoisotopic (exact) mass is 266 g/mol. The molecular weight excluding hydrogens is 244 g/mol. The van der Waals surface area contributed by atoms with Crippen molar-refractivity contribution in [2.24, 2.45) is 0 Å². The lowest BCUT2D eigenvalue weighted by molar-refractivity contribution is -0.0498. The van der Waals surface area contributed by atoms with Crippen LogP contribution in [0.1, 0.15) is 31.2 Å². The van der Waals surface area contributed by atoms with Crippen molar-refractivity contribution in [1.82, 2.24) is 10.1 Å². The topological polar surface area (TPSA) is 47.7 Å². The fraction of sp³-hybridized carbons (Fsp3) is 0.786. The van der Waals surface area contributed by atoms with Gasteiger partial charge in [-0.3, -0.25) is 4.90 Å². The van der Waals surface area contributed by atoms with Crippen molar-refractivity contribution < 1.29 is 14.0 Å². The lowest BCUT2D eigenvalue weighted by Crippen LogP contribution is -2.42. The molecule has 1 saturated heterocycles. The number of rotatable bonds is 4. The minimum absolute atomic E-state index is 0.209. The molecule has 0 aromatic carbocycles. The lowest BCUT2D eigenvalue weighted by Gasteiger charge is -2.30. The van der Waals surface area contributed by atoms with Gasteiger partial charge in [-0.2, -0.15) is 0 Å². The van der Waals surface area contributed by atoms with E-state index in [0.717, 1.165) is 50.6 Å². The normalized spacial score (nSPS) is 31.6. The van der Waals surface area contributed by atoms with Crippen molar-refractivity contribution >= 4 is 0 Å². The molecule has 3 atom stereocenters. The fourth-order valence-corrected chi connectivity index (χ4v) is 3.27. The van der Waals surface area contributed by atoms with Gasteiger partial charge in [-0.05, 0) is 26.7 Å². The Bertz CT molecular complexity index is 421. The molecule has 0 radical (unpaired) electrons. The summed E-state index contributed by atoms with van der Waals surface area (Å²) in [5, 5.41) is 4.10. The van der Waals surface area contributed by atoms with Gasteiger partial charge in [0.15, 0.2) is 0 Å². The fourth-order valence-electron chi connectivity index (χ4n) is 3.27. The third-order valence-electron chi connectivity index (χ3n) is 4.07. The molecule has 0 spiro atoms. The minimum Gasteiger partial charge on any atom is -0.374 e. The third-order valence-corrected chi connectivity index (χ3v) is 4.07. The highest BCUT2D eigenvalue weighted by Gasteiger charge is 2.42. The number of fused-ring (bicyclic) bond motifs is 2. The van der Waals surface area contributed by atoms with Gasteiger partial charge < -0.3 is 14.0 Å². The molecule has 1 aromatic rings. The highest BCUT2D eigenvalue weighted by Crippen LogP contribution is 2.32. The number of nitrogens with zero attached hydrogens (tertiary/aromatic N) is 2. The van der Waals surface area contributed by atoms with Crippen LogP contribution in [0.25, 0.3) is 0 Å². The van der Waals surface area contributed by atoms with Gasteiger partial charge >= 0.3 is 0 Å². The predicted octanol–water partition coefficient (Wildman–Crippen LogP) is 1.75. The largest absolute Gasteiger partial charge is 0.374 e. The van der Waals surface area contributed by atoms with Crippen LogP contribution in [0.3, 0.4) is 0 Å². The zero-order valence-corrected chi connectivity index (χ0v) is 11.7. The summed E-state index contributed by atoms with van der Waals surface area (Å²) in [6.07, 6.45) is 2.73. The molecule has 2 fully saturated rings. The molecule has 3 rings (SSSR count). The SMILES string of the molecule is CCOC1C2CCC1N(Cc1cc(C)on1)CCO2. The van der Waals surface area contributed by atoms with E-state index < -0.39 is 0 Å². The van der Waals surface area contributed by atoms with Gasteiger partial charge in [0.05, 0.1) is 24.5 Å². The van der Waals surface area contributed by atoms with E-state index in [4.69, 9.17) is 14.0 Å². The van der Waals surface area contributed by atoms with Crippen molar-refractivity contribution in [3.05, 3.63) is 17.5 Å². The van der Waals surface area contributed by atoms with Crippen molar-refractivity contribution in [2.75, 3.05) is 19.8 Å². The van der Waals surface area contributed by atoms with Gasteiger partial charge in [0.25, 0.3) is 0 Å². The van der Waals surface area contributed by atoms with Crippen LogP contribution in [0, 0.1) is 6.92 Å². The Morgan fingerprint density at radius 2 is 2.37 bits per heavy atom. The van der Waals surface area contributed by atoms with Crippen LogP contribution in [0.4, 0.5) is 0 Å². The zero-order valence-electron chi connectivity index (χ0n) is 11.7. The maximum absolute atomic E-state index is 5.92.